The first-order valence-corrected chi connectivity index (χ1v) is 4.08. The molecule has 0 N–H and O–H groups in total. The molecule has 0 fully saturated rings. The molecule has 74 valence electrons. The minimum absolute atomic E-state index is 0.0782. The number of benzene rings is 1. The van der Waals surface area contributed by atoms with E-state index in [2.05, 4.69) is 10.2 Å². The van der Waals surface area contributed by atoms with Gasteiger partial charge in [0.1, 0.15) is 5.69 Å². The summed E-state index contributed by atoms with van der Waals surface area (Å²) >= 11 is 0. The number of nitro groups is 1. The summed E-state index contributed by atoms with van der Waals surface area (Å²) in [6, 6.07) is 4.47. The van der Waals surface area contributed by atoms with Gasteiger partial charge in [0.2, 0.25) is 0 Å². The third-order valence-corrected chi connectivity index (χ3v) is 2.02. The average molecular weight is 203 g/mol. The number of hydrogen-bond donors (Lipinski definition) is 0. The highest BCUT2D eigenvalue weighted by Gasteiger charge is 2.13. The highest BCUT2D eigenvalue weighted by molar-refractivity contribution is 5.99. The molecule has 0 atom stereocenters. The molecule has 0 bridgehead atoms. The molecule has 0 saturated carbocycles. The van der Waals surface area contributed by atoms with Crippen LogP contribution in [0, 0.1) is 10.1 Å². The molecule has 0 radical (unpaired) electrons. The molecule has 2 aromatic rings. The summed E-state index contributed by atoms with van der Waals surface area (Å²) in [5.74, 6) is 0. The lowest BCUT2D eigenvalue weighted by Crippen LogP contribution is -1.95. The van der Waals surface area contributed by atoms with E-state index in [1.54, 1.807) is 6.07 Å². The van der Waals surface area contributed by atoms with Crippen molar-refractivity contribution >= 4 is 22.7 Å². The van der Waals surface area contributed by atoms with Gasteiger partial charge in [-0.25, -0.2) is 0 Å². The number of aromatic nitrogens is 2. The fraction of sp³-hybridized carbons (Fsp3) is 0. The second kappa shape index (κ2) is 3.41. The van der Waals surface area contributed by atoms with Crippen molar-refractivity contribution in [1.82, 2.24) is 10.2 Å². The molecule has 0 unspecified atom stereocenters. The fourth-order valence-corrected chi connectivity index (χ4v) is 1.36. The first kappa shape index (κ1) is 9.20. The van der Waals surface area contributed by atoms with Crippen molar-refractivity contribution in [2.75, 3.05) is 0 Å². The zero-order valence-electron chi connectivity index (χ0n) is 7.45. The summed E-state index contributed by atoms with van der Waals surface area (Å²) in [6.07, 6.45) is 1.81. The van der Waals surface area contributed by atoms with Crippen LogP contribution in [-0.4, -0.2) is 21.4 Å². The van der Waals surface area contributed by atoms with E-state index in [1.165, 1.54) is 18.3 Å². The number of carbonyl (C=O) groups excluding carboxylic acids is 1. The maximum Gasteiger partial charge on any atom is 0.278 e. The zero-order chi connectivity index (χ0) is 10.8. The number of hydrogen-bond acceptors (Lipinski definition) is 5. The van der Waals surface area contributed by atoms with E-state index < -0.39 is 4.92 Å². The van der Waals surface area contributed by atoms with Crippen molar-refractivity contribution in [2.45, 2.75) is 0 Å². The van der Waals surface area contributed by atoms with Crippen LogP contribution in [0.25, 0.3) is 10.8 Å². The quantitative estimate of drug-likeness (QED) is 0.417. The third kappa shape index (κ3) is 1.41. The van der Waals surface area contributed by atoms with Crippen LogP contribution in [0.3, 0.4) is 0 Å². The Labute approximate surface area is 83.7 Å². The van der Waals surface area contributed by atoms with Crippen LogP contribution in [0.1, 0.15) is 10.5 Å². The number of aldehydes is 1. The molecule has 0 saturated heterocycles. The van der Waals surface area contributed by atoms with E-state index in [4.69, 9.17) is 0 Å². The highest BCUT2D eigenvalue weighted by atomic mass is 16.6. The lowest BCUT2D eigenvalue weighted by molar-refractivity contribution is -0.383. The van der Waals surface area contributed by atoms with E-state index in [1.807, 2.05) is 0 Å². The largest absolute Gasteiger partial charge is 0.296 e. The average Bonchev–Trinajstić information content (AvgIpc) is 2.27. The number of carbonyl (C=O) groups is 1. The molecule has 0 aliphatic carbocycles. The standard InChI is InChI=1S/C9H5N3O3/c13-5-8-6-2-1-3-9(12(14)15)7(6)4-10-11-8/h1-5H. The van der Waals surface area contributed by atoms with Crippen LogP contribution in [0.4, 0.5) is 5.69 Å². The molecular weight excluding hydrogens is 198 g/mol. The van der Waals surface area contributed by atoms with Crippen LogP contribution in [-0.2, 0) is 0 Å². The number of non-ortho nitro benzene ring substituents is 1. The van der Waals surface area contributed by atoms with Crippen molar-refractivity contribution in [3.63, 3.8) is 0 Å². The van der Waals surface area contributed by atoms with E-state index in [0.717, 1.165) is 0 Å². The summed E-state index contributed by atoms with van der Waals surface area (Å²) < 4.78 is 0. The van der Waals surface area contributed by atoms with Gasteiger partial charge in [-0.15, -0.1) is 5.10 Å². The van der Waals surface area contributed by atoms with Gasteiger partial charge in [-0.1, -0.05) is 12.1 Å². The Morgan fingerprint density at radius 3 is 2.80 bits per heavy atom. The molecule has 0 spiro atoms. The summed E-state index contributed by atoms with van der Waals surface area (Å²) in [6.45, 7) is 0. The Morgan fingerprint density at radius 1 is 1.33 bits per heavy atom. The second-order valence-electron chi connectivity index (χ2n) is 2.84. The van der Waals surface area contributed by atoms with Crippen molar-refractivity contribution in [3.05, 3.63) is 40.2 Å². The number of nitro benzene ring substituents is 1. The molecule has 15 heavy (non-hydrogen) atoms. The molecule has 0 aliphatic rings. The Balaban J connectivity index is 2.88. The van der Waals surface area contributed by atoms with Gasteiger partial charge >= 0.3 is 0 Å². The van der Waals surface area contributed by atoms with Crippen LogP contribution in [0.2, 0.25) is 0 Å². The topological polar surface area (TPSA) is 86.0 Å². The van der Waals surface area contributed by atoms with E-state index in [-0.39, 0.29) is 11.4 Å². The molecule has 6 nitrogen and oxygen atoms in total. The molecule has 1 aromatic heterocycles. The van der Waals surface area contributed by atoms with Gasteiger partial charge in [-0.2, -0.15) is 5.10 Å². The van der Waals surface area contributed by atoms with E-state index >= 15 is 0 Å². The van der Waals surface area contributed by atoms with Gasteiger partial charge in [0.25, 0.3) is 5.69 Å². The van der Waals surface area contributed by atoms with E-state index in [9.17, 15) is 14.9 Å². The fourth-order valence-electron chi connectivity index (χ4n) is 1.36. The molecule has 0 aliphatic heterocycles. The summed E-state index contributed by atoms with van der Waals surface area (Å²) in [7, 11) is 0. The van der Waals surface area contributed by atoms with Crippen LogP contribution < -0.4 is 0 Å². The molecule has 1 heterocycles. The zero-order valence-corrected chi connectivity index (χ0v) is 7.45. The lowest BCUT2D eigenvalue weighted by atomic mass is 10.1. The first-order chi connectivity index (χ1) is 7.24. The monoisotopic (exact) mass is 203 g/mol. The number of nitrogens with zero attached hydrogens (tertiary/aromatic N) is 3. The summed E-state index contributed by atoms with van der Waals surface area (Å²) in [5.41, 5.74) is 0.0294. The third-order valence-electron chi connectivity index (χ3n) is 2.02. The Bertz CT molecular complexity index is 553. The molecule has 1 aromatic carbocycles. The second-order valence-corrected chi connectivity index (χ2v) is 2.84. The van der Waals surface area contributed by atoms with Gasteiger partial charge in [0, 0.05) is 11.5 Å². The summed E-state index contributed by atoms with van der Waals surface area (Å²) in [5, 5.41) is 18.6. The normalized spacial score (nSPS) is 10.1. The van der Waals surface area contributed by atoms with Crippen molar-refractivity contribution in [2.24, 2.45) is 0 Å². The smallest absolute Gasteiger partial charge is 0.278 e. The first-order valence-electron chi connectivity index (χ1n) is 4.08. The molecule has 0 amide bonds. The molecular formula is C9H5N3O3. The maximum atomic E-state index is 10.7. The highest BCUT2D eigenvalue weighted by Crippen LogP contribution is 2.24. The Hall–Kier alpha value is -2.37. The number of rotatable bonds is 2. The molecule has 2 rings (SSSR count). The maximum absolute atomic E-state index is 10.7. The van der Waals surface area contributed by atoms with E-state index in [0.29, 0.717) is 17.1 Å². The van der Waals surface area contributed by atoms with Gasteiger partial charge in [-0.3, -0.25) is 14.9 Å². The van der Waals surface area contributed by atoms with Crippen molar-refractivity contribution in [3.8, 4) is 0 Å². The van der Waals surface area contributed by atoms with Crippen molar-refractivity contribution in [1.29, 1.82) is 0 Å². The number of fused-ring (bicyclic) bond motifs is 1. The predicted molar refractivity (Wildman–Crippen MR) is 51.6 cm³/mol. The van der Waals surface area contributed by atoms with Gasteiger partial charge in [0.05, 0.1) is 16.5 Å². The van der Waals surface area contributed by atoms with Crippen LogP contribution in [0.15, 0.2) is 24.4 Å². The SMILES string of the molecule is O=Cc1nncc2c([N+](=O)[O-])cccc12. The van der Waals surface area contributed by atoms with Crippen LogP contribution in [0.5, 0.6) is 0 Å². The minimum Gasteiger partial charge on any atom is -0.296 e. The van der Waals surface area contributed by atoms with Gasteiger partial charge in [-0.05, 0) is 0 Å². The minimum atomic E-state index is -0.515. The van der Waals surface area contributed by atoms with Crippen molar-refractivity contribution < 1.29 is 9.72 Å². The van der Waals surface area contributed by atoms with Gasteiger partial charge < -0.3 is 0 Å². The predicted octanol–water partition coefficient (Wildman–Crippen LogP) is 1.35. The Kier molecular flexibility index (Phi) is 2.09. The lowest BCUT2D eigenvalue weighted by Gasteiger charge is -1.99. The Morgan fingerprint density at radius 2 is 2.13 bits per heavy atom. The van der Waals surface area contributed by atoms with Gasteiger partial charge in [0.15, 0.2) is 6.29 Å². The van der Waals surface area contributed by atoms with Crippen LogP contribution >= 0.6 is 0 Å². The molecule has 6 heteroatoms. The summed E-state index contributed by atoms with van der Waals surface area (Å²) in [4.78, 5) is 20.8.